The lowest BCUT2D eigenvalue weighted by molar-refractivity contribution is -0.116. The first kappa shape index (κ1) is 14.8. The van der Waals surface area contributed by atoms with Crippen LogP contribution >= 0.6 is 0 Å². The van der Waals surface area contributed by atoms with E-state index in [1.165, 1.54) is 12.1 Å². The zero-order valence-corrected chi connectivity index (χ0v) is 11.7. The molecule has 1 amide bonds. The molecule has 0 aromatic heterocycles. The SMILES string of the molecule is COc1ccccc1/C=C/C(=O)NCc1ccccc1F. The van der Waals surface area contributed by atoms with Gasteiger partial charge in [0.1, 0.15) is 11.6 Å². The predicted molar refractivity (Wildman–Crippen MR) is 80.3 cm³/mol. The summed E-state index contributed by atoms with van der Waals surface area (Å²) in [6.45, 7) is 0.155. The van der Waals surface area contributed by atoms with Gasteiger partial charge in [0.25, 0.3) is 0 Å². The van der Waals surface area contributed by atoms with E-state index in [1.807, 2.05) is 24.3 Å². The Morgan fingerprint density at radius 2 is 1.90 bits per heavy atom. The number of amides is 1. The Balaban J connectivity index is 1.96. The molecular formula is C17H16FNO2. The summed E-state index contributed by atoms with van der Waals surface area (Å²) in [6, 6.07) is 13.7. The van der Waals surface area contributed by atoms with Crippen molar-refractivity contribution >= 4 is 12.0 Å². The maximum atomic E-state index is 13.4. The third kappa shape index (κ3) is 4.18. The van der Waals surface area contributed by atoms with E-state index in [2.05, 4.69) is 5.32 Å². The van der Waals surface area contributed by atoms with Crippen LogP contribution in [0.3, 0.4) is 0 Å². The van der Waals surface area contributed by atoms with Gasteiger partial charge in [-0.2, -0.15) is 0 Å². The minimum absolute atomic E-state index is 0.155. The molecule has 0 atom stereocenters. The summed E-state index contributed by atoms with van der Waals surface area (Å²) in [6.07, 6.45) is 3.06. The number of benzene rings is 2. The largest absolute Gasteiger partial charge is 0.496 e. The lowest BCUT2D eigenvalue weighted by Gasteiger charge is -2.05. The van der Waals surface area contributed by atoms with Crippen LogP contribution in [-0.2, 0) is 11.3 Å². The second-order valence-electron chi connectivity index (χ2n) is 4.38. The van der Waals surface area contributed by atoms with Crippen LogP contribution in [0.5, 0.6) is 5.75 Å². The second kappa shape index (κ2) is 7.24. The molecule has 0 aliphatic rings. The molecule has 1 N–H and O–H groups in total. The Bertz CT molecular complexity index is 653. The van der Waals surface area contributed by atoms with Gasteiger partial charge >= 0.3 is 0 Å². The average Bonchev–Trinajstić information content (AvgIpc) is 2.52. The van der Waals surface area contributed by atoms with Crippen LogP contribution in [0.2, 0.25) is 0 Å². The molecule has 2 aromatic carbocycles. The highest BCUT2D eigenvalue weighted by Crippen LogP contribution is 2.18. The molecule has 0 aliphatic heterocycles. The van der Waals surface area contributed by atoms with E-state index in [1.54, 1.807) is 31.4 Å². The first-order chi connectivity index (χ1) is 10.2. The van der Waals surface area contributed by atoms with E-state index in [0.717, 1.165) is 5.56 Å². The van der Waals surface area contributed by atoms with Gasteiger partial charge < -0.3 is 10.1 Å². The summed E-state index contributed by atoms with van der Waals surface area (Å²) >= 11 is 0. The number of hydrogen-bond acceptors (Lipinski definition) is 2. The van der Waals surface area contributed by atoms with E-state index in [-0.39, 0.29) is 18.3 Å². The van der Waals surface area contributed by atoms with Crippen LogP contribution in [0.1, 0.15) is 11.1 Å². The van der Waals surface area contributed by atoms with Crippen molar-refractivity contribution in [2.24, 2.45) is 0 Å². The monoisotopic (exact) mass is 285 g/mol. The van der Waals surface area contributed by atoms with Crippen LogP contribution in [0, 0.1) is 5.82 Å². The van der Waals surface area contributed by atoms with E-state index in [0.29, 0.717) is 11.3 Å². The lowest BCUT2D eigenvalue weighted by atomic mass is 10.2. The van der Waals surface area contributed by atoms with Crippen molar-refractivity contribution in [3.63, 3.8) is 0 Å². The second-order valence-corrected chi connectivity index (χ2v) is 4.38. The maximum absolute atomic E-state index is 13.4. The minimum atomic E-state index is -0.327. The summed E-state index contributed by atoms with van der Waals surface area (Å²) < 4.78 is 18.6. The summed E-state index contributed by atoms with van der Waals surface area (Å²) in [5.74, 6) is 0.0753. The number of nitrogens with one attached hydrogen (secondary N) is 1. The maximum Gasteiger partial charge on any atom is 0.244 e. The first-order valence-electron chi connectivity index (χ1n) is 6.53. The molecule has 0 saturated heterocycles. The van der Waals surface area contributed by atoms with Crippen molar-refractivity contribution in [2.45, 2.75) is 6.54 Å². The van der Waals surface area contributed by atoms with Crippen LogP contribution < -0.4 is 10.1 Å². The van der Waals surface area contributed by atoms with E-state index >= 15 is 0 Å². The Morgan fingerprint density at radius 3 is 2.67 bits per heavy atom. The molecule has 4 heteroatoms. The minimum Gasteiger partial charge on any atom is -0.496 e. The normalized spacial score (nSPS) is 10.6. The van der Waals surface area contributed by atoms with Crippen LogP contribution in [0.25, 0.3) is 6.08 Å². The summed E-state index contributed by atoms with van der Waals surface area (Å²) in [7, 11) is 1.57. The molecule has 0 saturated carbocycles. The zero-order valence-electron chi connectivity index (χ0n) is 11.7. The Morgan fingerprint density at radius 1 is 1.19 bits per heavy atom. The van der Waals surface area contributed by atoms with Crippen molar-refractivity contribution in [2.75, 3.05) is 7.11 Å². The van der Waals surface area contributed by atoms with Gasteiger partial charge in [0, 0.05) is 23.7 Å². The van der Waals surface area contributed by atoms with Gasteiger partial charge in [-0.1, -0.05) is 36.4 Å². The van der Waals surface area contributed by atoms with Crippen LogP contribution in [-0.4, -0.2) is 13.0 Å². The molecule has 0 spiro atoms. The molecule has 0 unspecified atom stereocenters. The van der Waals surface area contributed by atoms with Crippen molar-refractivity contribution < 1.29 is 13.9 Å². The number of methoxy groups -OCH3 is 1. The quantitative estimate of drug-likeness (QED) is 0.857. The number of ether oxygens (including phenoxy) is 1. The zero-order chi connectivity index (χ0) is 15.1. The molecule has 0 aliphatic carbocycles. The van der Waals surface area contributed by atoms with Gasteiger partial charge in [0.05, 0.1) is 7.11 Å². The number of hydrogen-bond donors (Lipinski definition) is 1. The van der Waals surface area contributed by atoms with Crippen molar-refractivity contribution in [3.05, 3.63) is 71.6 Å². The third-order valence-corrected chi connectivity index (χ3v) is 2.96. The van der Waals surface area contributed by atoms with Gasteiger partial charge in [-0.15, -0.1) is 0 Å². The molecule has 108 valence electrons. The van der Waals surface area contributed by atoms with Crippen LogP contribution in [0.4, 0.5) is 4.39 Å². The van der Waals surface area contributed by atoms with Gasteiger partial charge in [0.2, 0.25) is 5.91 Å². The summed E-state index contributed by atoms with van der Waals surface area (Å²) in [5, 5.41) is 2.64. The molecule has 0 heterocycles. The molecule has 2 rings (SSSR count). The fourth-order valence-electron chi connectivity index (χ4n) is 1.85. The highest BCUT2D eigenvalue weighted by Gasteiger charge is 2.02. The van der Waals surface area contributed by atoms with E-state index in [4.69, 9.17) is 4.74 Å². The first-order valence-corrected chi connectivity index (χ1v) is 6.53. The van der Waals surface area contributed by atoms with E-state index < -0.39 is 0 Å². The average molecular weight is 285 g/mol. The highest BCUT2D eigenvalue weighted by molar-refractivity contribution is 5.92. The van der Waals surface area contributed by atoms with Gasteiger partial charge in [-0.25, -0.2) is 4.39 Å². The highest BCUT2D eigenvalue weighted by atomic mass is 19.1. The molecule has 0 fully saturated rings. The van der Waals surface area contributed by atoms with Crippen molar-refractivity contribution in [1.29, 1.82) is 0 Å². The van der Waals surface area contributed by atoms with Crippen molar-refractivity contribution in [1.82, 2.24) is 5.32 Å². The molecule has 0 radical (unpaired) electrons. The standard InChI is InChI=1S/C17H16FNO2/c1-21-16-9-5-3-6-13(16)10-11-17(20)19-12-14-7-2-4-8-15(14)18/h2-11H,12H2,1H3,(H,19,20)/b11-10+. The molecular weight excluding hydrogens is 269 g/mol. The van der Waals surface area contributed by atoms with Gasteiger partial charge in [0.15, 0.2) is 0 Å². The lowest BCUT2D eigenvalue weighted by Crippen LogP contribution is -2.20. The number of halogens is 1. The fourth-order valence-corrected chi connectivity index (χ4v) is 1.85. The third-order valence-electron chi connectivity index (χ3n) is 2.96. The number of carbonyl (C=O) groups excluding carboxylic acids is 1. The van der Waals surface area contributed by atoms with E-state index in [9.17, 15) is 9.18 Å². The Hall–Kier alpha value is -2.62. The predicted octanol–water partition coefficient (Wildman–Crippen LogP) is 3.16. The molecule has 0 bridgehead atoms. The number of para-hydroxylation sites is 1. The summed E-state index contributed by atoms with van der Waals surface area (Å²) in [5.41, 5.74) is 1.26. The molecule has 3 nitrogen and oxygen atoms in total. The molecule has 21 heavy (non-hydrogen) atoms. The smallest absolute Gasteiger partial charge is 0.244 e. The topological polar surface area (TPSA) is 38.3 Å². The Labute approximate surface area is 123 Å². The molecule has 2 aromatic rings. The van der Waals surface area contributed by atoms with Crippen LogP contribution in [0.15, 0.2) is 54.6 Å². The number of rotatable bonds is 5. The van der Waals surface area contributed by atoms with Gasteiger partial charge in [-0.3, -0.25) is 4.79 Å². The van der Waals surface area contributed by atoms with Gasteiger partial charge in [-0.05, 0) is 18.2 Å². The Kier molecular flexibility index (Phi) is 5.10. The van der Waals surface area contributed by atoms with Crippen molar-refractivity contribution in [3.8, 4) is 5.75 Å². The fraction of sp³-hybridized carbons (Fsp3) is 0.118. The number of carbonyl (C=O) groups is 1. The summed E-state index contributed by atoms with van der Waals surface area (Å²) in [4.78, 5) is 11.7.